The van der Waals surface area contributed by atoms with Crippen LogP contribution in [0.2, 0.25) is 0 Å². The molecular formula is C20H19N3O2. The van der Waals surface area contributed by atoms with Gasteiger partial charge in [-0.2, -0.15) is 0 Å². The Kier molecular flexibility index (Phi) is 4.31. The second kappa shape index (κ2) is 6.91. The first kappa shape index (κ1) is 15.6. The van der Waals surface area contributed by atoms with Crippen molar-refractivity contribution in [2.75, 3.05) is 31.2 Å². The van der Waals surface area contributed by atoms with Crippen molar-refractivity contribution in [1.82, 2.24) is 9.97 Å². The van der Waals surface area contributed by atoms with Crippen LogP contribution in [0.4, 0.5) is 5.95 Å². The van der Waals surface area contributed by atoms with Gasteiger partial charge < -0.3 is 14.7 Å². The topological polar surface area (TPSA) is 58.5 Å². The quantitative estimate of drug-likeness (QED) is 0.796. The van der Waals surface area contributed by atoms with Crippen LogP contribution in [-0.4, -0.2) is 41.4 Å². The van der Waals surface area contributed by atoms with Gasteiger partial charge in [-0.1, -0.05) is 42.5 Å². The Morgan fingerprint density at radius 2 is 1.52 bits per heavy atom. The van der Waals surface area contributed by atoms with Gasteiger partial charge in [-0.25, -0.2) is 9.97 Å². The molecule has 0 spiro atoms. The summed E-state index contributed by atoms with van der Waals surface area (Å²) in [5, 5.41) is 10.2. The highest BCUT2D eigenvalue weighted by Gasteiger charge is 2.17. The van der Waals surface area contributed by atoms with E-state index in [0.29, 0.717) is 30.4 Å². The number of anilines is 1. The predicted molar refractivity (Wildman–Crippen MR) is 97.6 cm³/mol. The Balaban J connectivity index is 1.84. The maximum Gasteiger partial charge on any atom is 0.226 e. The van der Waals surface area contributed by atoms with E-state index in [1.807, 2.05) is 48.5 Å². The molecule has 0 bridgehead atoms. The molecule has 0 radical (unpaired) electrons. The van der Waals surface area contributed by atoms with E-state index in [9.17, 15) is 5.11 Å². The standard InChI is InChI=1S/C20H19N3O2/c24-19-9-5-4-8-16(19)18-14-17(15-6-2-1-3-7-15)21-20(22-18)23-10-12-25-13-11-23/h1-9,14,24H,10-13H2. The summed E-state index contributed by atoms with van der Waals surface area (Å²) in [6.45, 7) is 2.87. The molecule has 1 aromatic heterocycles. The van der Waals surface area contributed by atoms with Gasteiger partial charge in [0.2, 0.25) is 5.95 Å². The van der Waals surface area contributed by atoms with E-state index in [1.165, 1.54) is 0 Å². The van der Waals surface area contributed by atoms with E-state index in [-0.39, 0.29) is 5.75 Å². The van der Waals surface area contributed by atoms with E-state index in [0.717, 1.165) is 24.3 Å². The number of para-hydroxylation sites is 1. The molecule has 0 unspecified atom stereocenters. The zero-order valence-electron chi connectivity index (χ0n) is 13.8. The van der Waals surface area contributed by atoms with Gasteiger partial charge >= 0.3 is 0 Å². The van der Waals surface area contributed by atoms with Crippen LogP contribution in [0.5, 0.6) is 5.75 Å². The molecule has 0 amide bonds. The van der Waals surface area contributed by atoms with Crippen molar-refractivity contribution in [3.05, 3.63) is 60.7 Å². The smallest absolute Gasteiger partial charge is 0.226 e. The molecular weight excluding hydrogens is 314 g/mol. The number of ether oxygens (including phenoxy) is 1. The molecule has 5 nitrogen and oxygen atoms in total. The first-order valence-electron chi connectivity index (χ1n) is 8.37. The van der Waals surface area contributed by atoms with Crippen molar-refractivity contribution in [2.45, 2.75) is 0 Å². The lowest BCUT2D eigenvalue weighted by molar-refractivity contribution is 0.122. The van der Waals surface area contributed by atoms with Gasteiger partial charge in [0.05, 0.1) is 24.6 Å². The number of benzene rings is 2. The molecule has 126 valence electrons. The van der Waals surface area contributed by atoms with Crippen LogP contribution in [0.25, 0.3) is 22.5 Å². The lowest BCUT2D eigenvalue weighted by Gasteiger charge is -2.27. The average Bonchev–Trinajstić information content (AvgIpc) is 2.69. The first-order valence-corrected chi connectivity index (χ1v) is 8.37. The molecule has 2 heterocycles. The molecule has 5 heteroatoms. The van der Waals surface area contributed by atoms with E-state index in [2.05, 4.69) is 4.90 Å². The highest BCUT2D eigenvalue weighted by Crippen LogP contribution is 2.31. The van der Waals surface area contributed by atoms with Gasteiger partial charge in [-0.05, 0) is 18.2 Å². The average molecular weight is 333 g/mol. The molecule has 1 aliphatic heterocycles. The molecule has 3 aromatic rings. The van der Waals surface area contributed by atoms with Gasteiger partial charge in [0.15, 0.2) is 0 Å². The van der Waals surface area contributed by atoms with Crippen molar-refractivity contribution in [3.63, 3.8) is 0 Å². The molecule has 1 N–H and O–H groups in total. The van der Waals surface area contributed by atoms with Crippen molar-refractivity contribution in [3.8, 4) is 28.3 Å². The molecule has 1 saturated heterocycles. The predicted octanol–water partition coefficient (Wildman–Crippen LogP) is 3.35. The van der Waals surface area contributed by atoms with Gasteiger partial charge in [-0.15, -0.1) is 0 Å². The van der Waals surface area contributed by atoms with Gasteiger partial charge in [-0.3, -0.25) is 0 Å². The first-order chi connectivity index (χ1) is 12.3. The monoisotopic (exact) mass is 333 g/mol. The van der Waals surface area contributed by atoms with Crippen molar-refractivity contribution < 1.29 is 9.84 Å². The largest absolute Gasteiger partial charge is 0.507 e. The number of aromatic nitrogens is 2. The van der Waals surface area contributed by atoms with E-state index < -0.39 is 0 Å². The Bertz CT molecular complexity index is 862. The third-order valence-electron chi connectivity index (χ3n) is 4.26. The summed E-state index contributed by atoms with van der Waals surface area (Å²) >= 11 is 0. The zero-order valence-corrected chi connectivity index (χ0v) is 13.8. The Morgan fingerprint density at radius 1 is 0.840 bits per heavy atom. The van der Waals surface area contributed by atoms with Crippen molar-refractivity contribution >= 4 is 5.95 Å². The van der Waals surface area contributed by atoms with Crippen LogP contribution in [0.1, 0.15) is 0 Å². The van der Waals surface area contributed by atoms with Crippen LogP contribution >= 0.6 is 0 Å². The fourth-order valence-electron chi connectivity index (χ4n) is 2.92. The maximum absolute atomic E-state index is 10.2. The van der Waals surface area contributed by atoms with Crippen molar-refractivity contribution in [1.29, 1.82) is 0 Å². The van der Waals surface area contributed by atoms with Crippen LogP contribution in [0, 0.1) is 0 Å². The van der Waals surface area contributed by atoms with Crippen molar-refractivity contribution in [2.24, 2.45) is 0 Å². The molecule has 0 saturated carbocycles. The Labute approximate surface area is 146 Å². The molecule has 4 rings (SSSR count). The number of rotatable bonds is 3. The van der Waals surface area contributed by atoms with Gasteiger partial charge in [0.1, 0.15) is 5.75 Å². The minimum absolute atomic E-state index is 0.216. The molecule has 2 aromatic carbocycles. The van der Waals surface area contributed by atoms with E-state index in [4.69, 9.17) is 14.7 Å². The highest BCUT2D eigenvalue weighted by atomic mass is 16.5. The highest BCUT2D eigenvalue weighted by molar-refractivity contribution is 5.73. The zero-order chi connectivity index (χ0) is 17.1. The fraction of sp³-hybridized carbons (Fsp3) is 0.200. The molecule has 25 heavy (non-hydrogen) atoms. The summed E-state index contributed by atoms with van der Waals surface area (Å²) in [6.07, 6.45) is 0. The number of nitrogens with zero attached hydrogens (tertiary/aromatic N) is 3. The number of morpholine rings is 1. The van der Waals surface area contributed by atoms with Crippen LogP contribution in [0.3, 0.4) is 0 Å². The summed E-state index contributed by atoms with van der Waals surface area (Å²) < 4.78 is 5.43. The van der Waals surface area contributed by atoms with E-state index >= 15 is 0 Å². The summed E-state index contributed by atoms with van der Waals surface area (Å²) in [5.41, 5.74) is 3.29. The minimum atomic E-state index is 0.216. The van der Waals surface area contributed by atoms with Crippen LogP contribution < -0.4 is 4.90 Å². The molecule has 0 aliphatic carbocycles. The van der Waals surface area contributed by atoms with Gasteiger partial charge in [0.25, 0.3) is 0 Å². The minimum Gasteiger partial charge on any atom is -0.507 e. The Hall–Kier alpha value is -2.92. The second-order valence-corrected chi connectivity index (χ2v) is 5.92. The normalized spacial score (nSPS) is 14.5. The summed E-state index contributed by atoms with van der Waals surface area (Å²) in [5.74, 6) is 0.885. The molecule has 1 fully saturated rings. The summed E-state index contributed by atoms with van der Waals surface area (Å²) in [4.78, 5) is 11.6. The number of hydrogen-bond acceptors (Lipinski definition) is 5. The lowest BCUT2D eigenvalue weighted by atomic mass is 10.1. The second-order valence-electron chi connectivity index (χ2n) is 5.92. The maximum atomic E-state index is 10.2. The number of aromatic hydroxyl groups is 1. The van der Waals surface area contributed by atoms with Gasteiger partial charge in [0, 0.05) is 24.2 Å². The summed E-state index contributed by atoms with van der Waals surface area (Å²) in [7, 11) is 0. The fourth-order valence-corrected chi connectivity index (χ4v) is 2.92. The third kappa shape index (κ3) is 3.32. The lowest BCUT2D eigenvalue weighted by Crippen LogP contribution is -2.37. The van der Waals surface area contributed by atoms with Crippen LogP contribution in [0.15, 0.2) is 60.7 Å². The SMILES string of the molecule is Oc1ccccc1-c1cc(-c2ccccc2)nc(N2CCOCC2)n1. The Morgan fingerprint density at radius 3 is 2.28 bits per heavy atom. The van der Waals surface area contributed by atoms with Crippen LogP contribution in [-0.2, 0) is 4.74 Å². The number of phenolic OH excluding ortho intramolecular Hbond substituents is 1. The third-order valence-corrected chi connectivity index (χ3v) is 4.26. The number of phenols is 1. The van der Waals surface area contributed by atoms with E-state index in [1.54, 1.807) is 12.1 Å². The number of hydrogen-bond donors (Lipinski definition) is 1. The molecule has 1 aliphatic rings. The summed E-state index contributed by atoms with van der Waals surface area (Å²) in [6, 6.07) is 19.2. The molecule has 0 atom stereocenters.